The number of nitrogens with one attached hydrogen (secondary N) is 2. The number of anilines is 2. The molecule has 1 aliphatic rings. The van der Waals surface area contributed by atoms with Crippen LogP contribution >= 0.6 is 11.3 Å². The van der Waals surface area contributed by atoms with Crippen molar-refractivity contribution >= 4 is 27.7 Å². The predicted molar refractivity (Wildman–Crippen MR) is 74.0 cm³/mol. The average molecular weight is 277 g/mol. The van der Waals surface area contributed by atoms with Crippen LogP contribution in [0.2, 0.25) is 0 Å². The van der Waals surface area contributed by atoms with Crippen LogP contribution in [0.15, 0.2) is 30.3 Å². The lowest BCUT2D eigenvalue weighted by molar-refractivity contribution is -0.380. The normalized spacial score (nSPS) is 16.4. The molecular formula is C12H11N3O3S. The summed E-state index contributed by atoms with van der Waals surface area (Å²) in [6.07, 6.45) is -0.138. The summed E-state index contributed by atoms with van der Waals surface area (Å²) in [6, 6.07) is 8.96. The Morgan fingerprint density at radius 2 is 2.05 bits per heavy atom. The molecule has 0 fully saturated rings. The Bertz CT molecular complexity index is 641. The number of benzene rings is 1. The summed E-state index contributed by atoms with van der Waals surface area (Å²) < 4.78 is 5.16. The molecular weight excluding hydrogens is 266 g/mol. The standard InChI is InChI=1S/C12H11N3O3S/c1-18-7-2-3-8-9(6-7)14-12(13-8)10-4-5-11(19-10)15(16)17/h2-6,12-14H,1H3/t12-/m0/s1. The SMILES string of the molecule is COc1ccc2c(c1)N[C@@H](c1ccc([N+](=O)[O-])s1)N2. The number of fused-ring (bicyclic) bond motifs is 1. The number of hydrogen-bond acceptors (Lipinski definition) is 6. The molecule has 7 heteroatoms. The largest absolute Gasteiger partial charge is 0.497 e. The maximum absolute atomic E-state index is 10.7. The lowest BCUT2D eigenvalue weighted by atomic mass is 10.2. The van der Waals surface area contributed by atoms with E-state index >= 15 is 0 Å². The van der Waals surface area contributed by atoms with Crippen molar-refractivity contribution in [3.63, 3.8) is 0 Å². The number of methoxy groups -OCH3 is 1. The minimum Gasteiger partial charge on any atom is -0.497 e. The van der Waals surface area contributed by atoms with E-state index in [4.69, 9.17) is 4.74 Å². The van der Waals surface area contributed by atoms with Gasteiger partial charge < -0.3 is 15.4 Å². The lowest BCUT2D eigenvalue weighted by Crippen LogP contribution is -2.09. The van der Waals surface area contributed by atoms with Crippen LogP contribution in [-0.2, 0) is 0 Å². The fraction of sp³-hybridized carbons (Fsp3) is 0.167. The second-order valence-electron chi connectivity index (χ2n) is 4.07. The summed E-state index contributed by atoms with van der Waals surface area (Å²) in [7, 11) is 1.62. The Morgan fingerprint density at radius 3 is 2.74 bits per heavy atom. The van der Waals surface area contributed by atoms with Gasteiger partial charge >= 0.3 is 5.00 Å². The topological polar surface area (TPSA) is 76.4 Å². The molecule has 1 aliphatic heterocycles. The molecule has 19 heavy (non-hydrogen) atoms. The molecule has 0 bridgehead atoms. The number of thiophene rings is 1. The number of hydrogen-bond donors (Lipinski definition) is 2. The van der Waals surface area contributed by atoms with E-state index in [1.807, 2.05) is 18.2 Å². The van der Waals surface area contributed by atoms with E-state index in [1.54, 1.807) is 13.2 Å². The van der Waals surface area contributed by atoms with Crippen molar-refractivity contribution in [3.05, 3.63) is 45.3 Å². The fourth-order valence-electron chi connectivity index (χ4n) is 1.98. The fourth-order valence-corrected chi connectivity index (χ4v) is 2.80. The van der Waals surface area contributed by atoms with E-state index in [9.17, 15) is 10.1 Å². The van der Waals surface area contributed by atoms with Gasteiger partial charge in [-0.3, -0.25) is 10.1 Å². The number of nitro groups is 1. The van der Waals surface area contributed by atoms with Crippen molar-refractivity contribution in [3.8, 4) is 5.75 Å². The van der Waals surface area contributed by atoms with Gasteiger partial charge in [0.05, 0.1) is 28.3 Å². The van der Waals surface area contributed by atoms with Gasteiger partial charge in [-0.25, -0.2) is 0 Å². The Hall–Kier alpha value is -2.28. The van der Waals surface area contributed by atoms with Crippen molar-refractivity contribution in [1.82, 2.24) is 0 Å². The first-order chi connectivity index (χ1) is 9.17. The molecule has 1 aromatic carbocycles. The van der Waals surface area contributed by atoms with E-state index in [2.05, 4.69) is 10.6 Å². The van der Waals surface area contributed by atoms with Crippen LogP contribution in [0, 0.1) is 10.1 Å². The molecule has 2 N–H and O–H groups in total. The van der Waals surface area contributed by atoms with Gasteiger partial charge in [-0.05, 0) is 18.2 Å². The zero-order valence-electron chi connectivity index (χ0n) is 10.0. The van der Waals surface area contributed by atoms with Crippen LogP contribution in [0.1, 0.15) is 11.0 Å². The van der Waals surface area contributed by atoms with Crippen LogP contribution in [-0.4, -0.2) is 12.0 Å². The first kappa shape index (κ1) is 11.8. The summed E-state index contributed by atoms with van der Waals surface area (Å²) in [4.78, 5) is 11.2. The summed E-state index contributed by atoms with van der Waals surface area (Å²) in [5.74, 6) is 0.769. The zero-order valence-corrected chi connectivity index (χ0v) is 10.9. The molecule has 0 saturated carbocycles. The van der Waals surface area contributed by atoms with Gasteiger partial charge in [-0.15, -0.1) is 0 Å². The van der Waals surface area contributed by atoms with Crippen LogP contribution in [0.5, 0.6) is 5.75 Å². The maximum Gasteiger partial charge on any atom is 0.324 e. The zero-order chi connectivity index (χ0) is 13.4. The molecule has 98 valence electrons. The van der Waals surface area contributed by atoms with Gasteiger partial charge in [0.1, 0.15) is 11.9 Å². The van der Waals surface area contributed by atoms with Crippen molar-refractivity contribution in [2.24, 2.45) is 0 Å². The third-order valence-corrected chi connectivity index (χ3v) is 4.01. The van der Waals surface area contributed by atoms with Crippen molar-refractivity contribution in [2.75, 3.05) is 17.7 Å². The molecule has 0 aliphatic carbocycles. The molecule has 1 atom stereocenters. The quantitative estimate of drug-likeness (QED) is 0.665. The lowest BCUT2D eigenvalue weighted by Gasteiger charge is -2.08. The second-order valence-corrected chi connectivity index (χ2v) is 5.16. The first-order valence-electron chi connectivity index (χ1n) is 5.62. The Balaban J connectivity index is 1.84. The van der Waals surface area contributed by atoms with Gasteiger partial charge in [0.15, 0.2) is 0 Å². The summed E-state index contributed by atoms with van der Waals surface area (Å²) in [5.41, 5.74) is 1.89. The van der Waals surface area contributed by atoms with E-state index in [1.165, 1.54) is 6.07 Å². The van der Waals surface area contributed by atoms with Crippen LogP contribution in [0.25, 0.3) is 0 Å². The average Bonchev–Trinajstić information content (AvgIpc) is 3.04. The van der Waals surface area contributed by atoms with E-state index in [0.29, 0.717) is 0 Å². The van der Waals surface area contributed by atoms with Crippen molar-refractivity contribution in [2.45, 2.75) is 6.17 Å². The van der Waals surface area contributed by atoms with E-state index in [-0.39, 0.29) is 16.1 Å². The number of rotatable bonds is 3. The van der Waals surface area contributed by atoms with Crippen LogP contribution < -0.4 is 15.4 Å². The molecule has 0 unspecified atom stereocenters. The molecule has 2 aromatic rings. The Labute approximate surface area is 113 Å². The Morgan fingerprint density at radius 1 is 1.26 bits per heavy atom. The molecule has 3 rings (SSSR count). The third-order valence-electron chi connectivity index (χ3n) is 2.90. The number of ether oxygens (including phenoxy) is 1. The van der Waals surface area contributed by atoms with E-state index < -0.39 is 0 Å². The Kier molecular flexibility index (Phi) is 2.75. The summed E-state index contributed by atoms with van der Waals surface area (Å²) in [6.45, 7) is 0. The van der Waals surface area contributed by atoms with Gasteiger partial charge in [-0.1, -0.05) is 11.3 Å². The molecule has 0 spiro atoms. The van der Waals surface area contributed by atoms with Gasteiger partial charge in [0.25, 0.3) is 0 Å². The van der Waals surface area contributed by atoms with E-state index in [0.717, 1.165) is 33.3 Å². The molecule has 0 amide bonds. The van der Waals surface area contributed by atoms with Gasteiger partial charge in [0, 0.05) is 12.1 Å². The minimum atomic E-state index is -0.376. The summed E-state index contributed by atoms with van der Waals surface area (Å²) >= 11 is 1.16. The number of nitrogens with zero attached hydrogens (tertiary/aromatic N) is 1. The highest BCUT2D eigenvalue weighted by molar-refractivity contribution is 7.15. The van der Waals surface area contributed by atoms with Gasteiger partial charge in [-0.2, -0.15) is 0 Å². The van der Waals surface area contributed by atoms with Crippen molar-refractivity contribution < 1.29 is 9.66 Å². The van der Waals surface area contributed by atoms with Crippen molar-refractivity contribution in [1.29, 1.82) is 0 Å². The molecule has 6 nitrogen and oxygen atoms in total. The predicted octanol–water partition coefficient (Wildman–Crippen LogP) is 3.20. The monoisotopic (exact) mass is 277 g/mol. The summed E-state index contributed by atoms with van der Waals surface area (Å²) in [5, 5.41) is 17.4. The molecule has 2 heterocycles. The second kappa shape index (κ2) is 4.43. The highest BCUT2D eigenvalue weighted by atomic mass is 32.1. The minimum absolute atomic E-state index is 0.138. The van der Waals surface area contributed by atoms with Gasteiger partial charge in [0.2, 0.25) is 0 Å². The maximum atomic E-state index is 10.7. The third kappa shape index (κ3) is 2.08. The molecule has 0 saturated heterocycles. The molecule has 1 aromatic heterocycles. The smallest absolute Gasteiger partial charge is 0.324 e. The molecule has 0 radical (unpaired) electrons. The van der Waals surface area contributed by atoms with Crippen LogP contribution in [0.3, 0.4) is 0 Å². The first-order valence-corrected chi connectivity index (χ1v) is 6.44. The highest BCUT2D eigenvalue weighted by Crippen LogP contribution is 2.40. The highest BCUT2D eigenvalue weighted by Gasteiger charge is 2.24. The van der Waals surface area contributed by atoms with Crippen LogP contribution in [0.4, 0.5) is 16.4 Å².